The minimum atomic E-state index is -1.77. The Bertz CT molecular complexity index is 1610. The van der Waals surface area contributed by atoms with Gasteiger partial charge in [0.15, 0.2) is 18.8 Å². The lowest BCUT2D eigenvalue weighted by molar-refractivity contribution is -0.345. The van der Waals surface area contributed by atoms with Crippen molar-refractivity contribution in [2.75, 3.05) is 6.61 Å². The maximum absolute atomic E-state index is 13.1. The third kappa shape index (κ3) is 13.4. The molecule has 3 fully saturated rings. The van der Waals surface area contributed by atoms with E-state index in [1.54, 1.807) is 6.08 Å². The number of H-pyrrole nitrogens is 1. The standard InChI is InChI=1S/C39H64N4O16/c1-20(2)13-11-9-7-5-4-6-8-10-12-14-25(47)41-28-32(52)29(49)23(56-38(28)59-37-27(40-21(3)45)31(51)30(50)24(19-44)57-37)16-15-22(46)35-33(53)34(54)36(58-35)43-18-17-26(48)42-39(43)55/h12,14,17-18,20,22-24,27-38,44,46,49-54H,4-11,13,15-16,19H2,1-3H3,(H,40,45)(H,41,47)(H,42,48,55)/b14-12+/t22-,23-,24-,27-,28-,29+,30-,31-,32-,33+,34-,35-,36-,37-,38+/m1/s1. The van der Waals surface area contributed by atoms with E-state index in [1.807, 2.05) is 4.98 Å². The van der Waals surface area contributed by atoms with Crippen LogP contribution in [0, 0.1) is 5.92 Å². The van der Waals surface area contributed by atoms with Crippen molar-refractivity contribution >= 4 is 11.8 Å². The Kier molecular flexibility index (Phi) is 19.1. The van der Waals surface area contributed by atoms with E-state index in [1.165, 1.54) is 31.8 Å². The number of carbonyl (C=O) groups is 2. The highest BCUT2D eigenvalue weighted by atomic mass is 16.8. The molecule has 0 aliphatic carbocycles. The lowest BCUT2D eigenvalue weighted by atomic mass is 9.91. The molecular formula is C39H64N4O16. The third-order valence-corrected chi connectivity index (χ3v) is 11.0. The normalized spacial score (nSPS) is 34.3. The largest absolute Gasteiger partial charge is 0.394 e. The highest BCUT2D eigenvalue weighted by Crippen LogP contribution is 2.34. The summed E-state index contributed by atoms with van der Waals surface area (Å²) in [4.78, 5) is 51.0. The molecule has 2 amide bonds. The SMILES string of the molecule is CC(=O)N[C@H]1[C@@H](O[C@@H]2O[C@H](CC[C@@H](O)[C@H]3O[C@@H](n4ccc(=O)[nH]c4=O)[C@H](O)[C@@H]3O)[C@H](O)[C@H](O)[C@H]2NC(=O)/C=C/CCCCCCCCCC(C)C)O[C@H](CO)[C@@H](O)[C@@H]1O. The maximum atomic E-state index is 13.1. The average molecular weight is 845 g/mol. The van der Waals surface area contributed by atoms with Gasteiger partial charge in [-0.2, -0.15) is 0 Å². The van der Waals surface area contributed by atoms with Crippen molar-refractivity contribution in [3.63, 3.8) is 0 Å². The van der Waals surface area contributed by atoms with Crippen LogP contribution in [0.3, 0.4) is 0 Å². The molecule has 1 aromatic heterocycles. The summed E-state index contributed by atoms with van der Waals surface area (Å²) in [6.45, 7) is 4.83. The van der Waals surface area contributed by atoms with Crippen LogP contribution < -0.4 is 21.9 Å². The van der Waals surface area contributed by atoms with Gasteiger partial charge >= 0.3 is 5.69 Å². The summed E-state index contributed by atoms with van der Waals surface area (Å²) < 4.78 is 24.2. The second-order valence-corrected chi connectivity index (χ2v) is 16.1. The minimum Gasteiger partial charge on any atom is -0.394 e. The monoisotopic (exact) mass is 844 g/mol. The molecule has 3 aliphatic rings. The van der Waals surface area contributed by atoms with E-state index in [-0.39, 0.29) is 12.8 Å². The Labute approximate surface area is 342 Å². The van der Waals surface area contributed by atoms with Crippen LogP contribution in [0.2, 0.25) is 0 Å². The molecule has 336 valence electrons. The Hall–Kier alpha value is -3.12. The van der Waals surface area contributed by atoms with Crippen LogP contribution in [0.4, 0.5) is 0 Å². The van der Waals surface area contributed by atoms with Crippen molar-refractivity contribution < 1.29 is 69.4 Å². The van der Waals surface area contributed by atoms with Crippen LogP contribution in [0.5, 0.6) is 0 Å². The van der Waals surface area contributed by atoms with Crippen molar-refractivity contribution in [1.82, 2.24) is 20.2 Å². The summed E-state index contributed by atoms with van der Waals surface area (Å²) in [5.74, 6) is -0.589. The smallest absolute Gasteiger partial charge is 0.330 e. The number of ether oxygens (including phenoxy) is 4. The first-order valence-electron chi connectivity index (χ1n) is 20.6. The van der Waals surface area contributed by atoms with Crippen LogP contribution >= 0.6 is 0 Å². The number of hydrogen-bond acceptors (Lipinski definition) is 16. The van der Waals surface area contributed by atoms with E-state index in [0.29, 0.717) is 12.3 Å². The summed E-state index contributed by atoms with van der Waals surface area (Å²) in [5.41, 5.74) is -1.63. The lowest BCUT2D eigenvalue weighted by Gasteiger charge is -2.47. The number of hydrogen-bond donors (Lipinski definition) is 11. The van der Waals surface area contributed by atoms with Crippen molar-refractivity contribution in [2.24, 2.45) is 5.92 Å². The zero-order valence-electron chi connectivity index (χ0n) is 33.8. The molecular weight excluding hydrogens is 780 g/mol. The number of aliphatic hydroxyl groups excluding tert-OH is 8. The van der Waals surface area contributed by atoms with Crippen molar-refractivity contribution in [1.29, 1.82) is 0 Å². The molecule has 0 bridgehead atoms. The molecule has 15 atom stereocenters. The van der Waals surface area contributed by atoms with Gasteiger partial charge in [0.2, 0.25) is 11.8 Å². The zero-order chi connectivity index (χ0) is 43.4. The molecule has 0 saturated carbocycles. The van der Waals surface area contributed by atoms with E-state index in [4.69, 9.17) is 18.9 Å². The molecule has 1 aromatic rings. The number of allylic oxidation sites excluding steroid dienone is 1. The van der Waals surface area contributed by atoms with Crippen LogP contribution in [0.1, 0.15) is 97.6 Å². The van der Waals surface area contributed by atoms with E-state index in [9.17, 15) is 60.0 Å². The summed E-state index contributed by atoms with van der Waals surface area (Å²) in [6.07, 6.45) is -7.60. The zero-order valence-corrected chi connectivity index (χ0v) is 33.8. The van der Waals surface area contributed by atoms with Crippen LogP contribution in [0.25, 0.3) is 0 Å². The first-order valence-corrected chi connectivity index (χ1v) is 20.6. The molecule has 11 N–H and O–H groups in total. The summed E-state index contributed by atoms with van der Waals surface area (Å²) in [5, 5.41) is 91.1. The van der Waals surface area contributed by atoms with E-state index >= 15 is 0 Å². The Morgan fingerprint density at radius 3 is 2.02 bits per heavy atom. The fraction of sp³-hybridized carbons (Fsp3) is 0.795. The highest BCUT2D eigenvalue weighted by molar-refractivity contribution is 5.87. The van der Waals surface area contributed by atoms with E-state index in [0.717, 1.165) is 49.4 Å². The molecule has 20 heteroatoms. The van der Waals surface area contributed by atoms with Gasteiger partial charge in [-0.1, -0.05) is 64.9 Å². The predicted molar refractivity (Wildman–Crippen MR) is 207 cm³/mol. The second kappa shape index (κ2) is 23.2. The highest BCUT2D eigenvalue weighted by Gasteiger charge is 2.52. The number of carbonyl (C=O) groups excluding carboxylic acids is 2. The maximum Gasteiger partial charge on any atom is 0.330 e. The van der Waals surface area contributed by atoms with Crippen LogP contribution in [0.15, 0.2) is 34.0 Å². The quantitative estimate of drug-likeness (QED) is 0.0467. The van der Waals surface area contributed by atoms with Gasteiger partial charge in [0.25, 0.3) is 5.56 Å². The summed E-state index contributed by atoms with van der Waals surface area (Å²) in [7, 11) is 0. The number of nitrogens with one attached hydrogen (secondary N) is 3. The number of aliphatic hydroxyl groups is 8. The number of aromatic amines is 1. The Morgan fingerprint density at radius 1 is 0.814 bits per heavy atom. The molecule has 0 unspecified atom stereocenters. The van der Waals surface area contributed by atoms with Crippen molar-refractivity contribution in [3.8, 4) is 0 Å². The average Bonchev–Trinajstić information content (AvgIpc) is 3.48. The minimum absolute atomic E-state index is 0.245. The molecule has 4 rings (SSSR count). The van der Waals surface area contributed by atoms with Crippen LogP contribution in [-0.4, -0.2) is 155 Å². The molecule has 0 aromatic carbocycles. The van der Waals surface area contributed by atoms with Gasteiger partial charge < -0.3 is 70.4 Å². The third-order valence-electron chi connectivity index (χ3n) is 11.0. The number of rotatable bonds is 21. The molecule has 3 aliphatic heterocycles. The molecule has 4 heterocycles. The van der Waals surface area contributed by atoms with Gasteiger partial charge in [0, 0.05) is 19.2 Å². The summed E-state index contributed by atoms with van der Waals surface area (Å²) >= 11 is 0. The van der Waals surface area contributed by atoms with Gasteiger partial charge in [0.05, 0.1) is 18.8 Å². The van der Waals surface area contributed by atoms with Gasteiger partial charge in [0.1, 0.15) is 60.9 Å². The summed E-state index contributed by atoms with van der Waals surface area (Å²) in [6, 6.07) is -1.90. The van der Waals surface area contributed by atoms with Gasteiger partial charge in [-0.25, -0.2) is 4.79 Å². The number of aromatic nitrogens is 2. The van der Waals surface area contributed by atoms with Crippen molar-refractivity contribution in [3.05, 3.63) is 45.3 Å². The number of amides is 2. The Morgan fingerprint density at radius 2 is 1.41 bits per heavy atom. The van der Waals surface area contributed by atoms with Gasteiger partial charge in [-0.05, 0) is 37.7 Å². The first-order chi connectivity index (χ1) is 28.0. The van der Waals surface area contributed by atoms with Crippen molar-refractivity contribution in [2.45, 2.75) is 183 Å². The fourth-order valence-corrected chi connectivity index (χ4v) is 7.62. The van der Waals surface area contributed by atoms with E-state index < -0.39 is 122 Å². The molecule has 0 spiro atoms. The van der Waals surface area contributed by atoms with Gasteiger partial charge in [-0.15, -0.1) is 0 Å². The van der Waals surface area contributed by atoms with Gasteiger partial charge in [-0.3, -0.25) is 23.9 Å². The topological polar surface area (TPSA) is 312 Å². The molecule has 20 nitrogen and oxygen atoms in total. The second-order valence-electron chi connectivity index (χ2n) is 16.1. The Balaban J connectivity index is 1.43. The number of nitrogens with zero attached hydrogens (tertiary/aromatic N) is 1. The van der Waals surface area contributed by atoms with Crippen LogP contribution in [-0.2, 0) is 28.5 Å². The predicted octanol–water partition coefficient (Wildman–Crippen LogP) is -2.09. The lowest BCUT2D eigenvalue weighted by Crippen LogP contribution is -2.68. The van der Waals surface area contributed by atoms with E-state index in [2.05, 4.69) is 24.5 Å². The molecule has 3 saturated heterocycles. The molecule has 59 heavy (non-hydrogen) atoms. The fourth-order valence-electron chi connectivity index (χ4n) is 7.62. The first kappa shape index (κ1) is 48.5. The number of unbranched alkanes of at least 4 members (excludes halogenated alkanes) is 7. The molecule has 0 radical (unpaired) electrons.